The minimum atomic E-state index is -1.33. The van der Waals surface area contributed by atoms with Gasteiger partial charge in [0.25, 0.3) is 0 Å². The Balaban J connectivity index is 1.88. The molecule has 0 bridgehead atoms. The lowest BCUT2D eigenvalue weighted by Gasteiger charge is -2.56. The number of amides is 2. The Morgan fingerprint density at radius 2 is 1.78 bits per heavy atom. The molecule has 1 heterocycles. The first-order valence-corrected chi connectivity index (χ1v) is 10.9. The Morgan fingerprint density at radius 1 is 1.12 bits per heavy atom. The topological polar surface area (TPSA) is 87.2 Å². The van der Waals surface area contributed by atoms with E-state index in [9.17, 15) is 28.3 Å². The summed E-state index contributed by atoms with van der Waals surface area (Å²) in [5.41, 5.74) is -2.88. The third kappa shape index (κ3) is 3.42. The summed E-state index contributed by atoms with van der Waals surface area (Å²) >= 11 is 0. The van der Waals surface area contributed by atoms with Crippen LogP contribution in [0.1, 0.15) is 64.0 Å². The Bertz CT molecular complexity index is 983. The van der Waals surface area contributed by atoms with Crippen LogP contribution in [0, 0.1) is 11.6 Å². The van der Waals surface area contributed by atoms with Crippen LogP contribution in [0.25, 0.3) is 0 Å². The van der Waals surface area contributed by atoms with Gasteiger partial charge in [0.2, 0.25) is 5.91 Å². The number of benzene rings is 1. The van der Waals surface area contributed by atoms with Gasteiger partial charge < -0.3 is 14.7 Å². The molecule has 9 heteroatoms. The molecule has 32 heavy (non-hydrogen) atoms. The minimum absolute atomic E-state index is 0.0726. The molecule has 1 saturated heterocycles. The van der Waals surface area contributed by atoms with Crippen molar-refractivity contribution in [2.24, 2.45) is 0 Å². The van der Waals surface area contributed by atoms with E-state index in [4.69, 9.17) is 4.74 Å². The molecule has 1 N–H and O–H groups in total. The van der Waals surface area contributed by atoms with Crippen molar-refractivity contribution in [3.63, 3.8) is 0 Å². The molecule has 174 valence electrons. The quantitative estimate of drug-likeness (QED) is 0.744. The number of hydrogen-bond acceptors (Lipinski definition) is 4. The molecule has 2 amide bonds. The van der Waals surface area contributed by atoms with Crippen LogP contribution in [0.2, 0.25) is 0 Å². The molecule has 4 rings (SSSR count). The van der Waals surface area contributed by atoms with Gasteiger partial charge in [-0.1, -0.05) is 12.8 Å². The largest absolute Gasteiger partial charge is 0.480 e. The van der Waals surface area contributed by atoms with Gasteiger partial charge >= 0.3 is 12.1 Å². The van der Waals surface area contributed by atoms with Crippen molar-refractivity contribution in [1.82, 2.24) is 9.80 Å². The van der Waals surface area contributed by atoms with E-state index >= 15 is 0 Å². The fourth-order valence-corrected chi connectivity index (χ4v) is 5.60. The van der Waals surface area contributed by atoms with E-state index in [1.807, 2.05) is 0 Å². The lowest BCUT2D eigenvalue weighted by molar-refractivity contribution is -0.170. The Kier molecular flexibility index (Phi) is 5.21. The number of fused-ring (bicyclic) bond motifs is 2. The van der Waals surface area contributed by atoms with Crippen molar-refractivity contribution in [2.75, 3.05) is 13.1 Å². The Labute approximate surface area is 185 Å². The highest BCUT2D eigenvalue weighted by Gasteiger charge is 2.63. The first-order chi connectivity index (χ1) is 14.9. The first kappa shape index (κ1) is 22.5. The van der Waals surface area contributed by atoms with Gasteiger partial charge in [-0.3, -0.25) is 14.5 Å². The van der Waals surface area contributed by atoms with Gasteiger partial charge in [-0.05, 0) is 63.6 Å². The van der Waals surface area contributed by atoms with Crippen LogP contribution in [0.5, 0.6) is 0 Å². The second-order valence-corrected chi connectivity index (χ2v) is 10.0. The number of carbonyl (C=O) groups excluding carboxylic acids is 2. The molecule has 2 spiro atoms. The minimum Gasteiger partial charge on any atom is -0.480 e. The smallest absolute Gasteiger partial charge is 0.411 e. The fraction of sp³-hybridized carbons (Fsp3) is 0.609. The maximum Gasteiger partial charge on any atom is 0.411 e. The second-order valence-electron chi connectivity index (χ2n) is 10.0. The summed E-state index contributed by atoms with van der Waals surface area (Å²) in [4.78, 5) is 41.6. The van der Waals surface area contributed by atoms with Gasteiger partial charge in [0.15, 0.2) is 0 Å². The summed E-state index contributed by atoms with van der Waals surface area (Å²) < 4.78 is 34.5. The van der Waals surface area contributed by atoms with Gasteiger partial charge in [-0.25, -0.2) is 13.6 Å². The lowest BCUT2D eigenvalue weighted by atomic mass is 9.79. The number of hydrogen-bond donors (Lipinski definition) is 1. The van der Waals surface area contributed by atoms with Crippen molar-refractivity contribution < 1.29 is 33.0 Å². The molecule has 1 aliphatic heterocycles. The van der Waals surface area contributed by atoms with Gasteiger partial charge in [0.05, 0.1) is 12.1 Å². The average molecular weight is 450 g/mol. The molecule has 0 aromatic heterocycles. The lowest BCUT2D eigenvalue weighted by Crippen LogP contribution is -2.73. The normalized spacial score (nSPS) is 24.3. The average Bonchev–Trinajstić information content (AvgIpc) is 3.28. The summed E-state index contributed by atoms with van der Waals surface area (Å²) in [6.45, 7) is 4.48. The molecule has 7 nitrogen and oxygen atoms in total. The number of aliphatic carboxylic acids is 1. The number of carboxylic acid groups (broad SMARTS) is 1. The maximum absolute atomic E-state index is 14.6. The molecule has 1 atom stereocenters. The van der Waals surface area contributed by atoms with E-state index in [1.165, 1.54) is 9.80 Å². The number of carboxylic acids is 1. The molecule has 1 aromatic rings. The maximum atomic E-state index is 14.6. The summed E-state index contributed by atoms with van der Waals surface area (Å²) in [5, 5.41) is 9.60. The number of nitrogens with zero attached hydrogens (tertiary/aromatic N) is 2. The molecule has 1 saturated carbocycles. The highest BCUT2D eigenvalue weighted by molar-refractivity contribution is 5.94. The van der Waals surface area contributed by atoms with Gasteiger partial charge in [0.1, 0.15) is 29.3 Å². The second kappa shape index (κ2) is 7.42. The van der Waals surface area contributed by atoms with Crippen LogP contribution >= 0.6 is 0 Å². The zero-order valence-corrected chi connectivity index (χ0v) is 18.5. The number of carbonyl (C=O) groups is 3. The predicted molar refractivity (Wildman–Crippen MR) is 110 cm³/mol. The van der Waals surface area contributed by atoms with Crippen LogP contribution in [0.15, 0.2) is 12.1 Å². The monoisotopic (exact) mass is 450 g/mol. The van der Waals surface area contributed by atoms with Gasteiger partial charge in [-0.15, -0.1) is 0 Å². The van der Waals surface area contributed by atoms with E-state index < -0.39 is 52.8 Å². The standard InChI is InChI=1S/C23H28F2N2O5/c1-21(2,3)32-20(31)27-13-23(9-6-15-16(23)10-14(24)11-17(15)25)26(12-18(28)29)19(30)22(27)7-4-5-8-22/h10-11H,4-9,12-13H2,1-3H3,(H,28,29). The van der Waals surface area contributed by atoms with Crippen molar-refractivity contribution in [1.29, 1.82) is 0 Å². The molecule has 0 radical (unpaired) electrons. The SMILES string of the molecule is CC(C)(C)OC(=O)N1CC2(CCc3c(F)cc(F)cc32)N(CC(=O)O)C(=O)C12CCCC2. The van der Waals surface area contributed by atoms with Gasteiger partial charge in [-0.2, -0.15) is 0 Å². The summed E-state index contributed by atoms with van der Waals surface area (Å²) in [5.74, 6) is -3.26. The predicted octanol–water partition coefficient (Wildman–Crippen LogP) is 3.58. The van der Waals surface area contributed by atoms with Crippen LogP contribution < -0.4 is 0 Å². The molecule has 2 fully saturated rings. The Hall–Kier alpha value is -2.71. The number of ether oxygens (including phenoxy) is 1. The van der Waals surface area contributed by atoms with E-state index in [2.05, 4.69) is 0 Å². The molecular weight excluding hydrogens is 422 g/mol. The van der Waals surface area contributed by atoms with Crippen LogP contribution in [-0.2, 0) is 26.3 Å². The molecular formula is C23H28F2N2O5. The summed E-state index contributed by atoms with van der Waals surface area (Å²) in [6, 6.07) is 1.95. The summed E-state index contributed by atoms with van der Waals surface area (Å²) in [7, 11) is 0. The third-order valence-corrected chi connectivity index (χ3v) is 6.88. The van der Waals surface area contributed by atoms with Crippen LogP contribution in [-0.4, -0.2) is 57.1 Å². The Morgan fingerprint density at radius 3 is 2.38 bits per heavy atom. The highest BCUT2D eigenvalue weighted by Crippen LogP contribution is 2.51. The zero-order valence-electron chi connectivity index (χ0n) is 18.5. The van der Waals surface area contributed by atoms with Crippen molar-refractivity contribution in [2.45, 2.75) is 76.0 Å². The highest BCUT2D eigenvalue weighted by atomic mass is 19.1. The molecule has 3 aliphatic rings. The molecule has 1 aromatic carbocycles. The van der Waals surface area contributed by atoms with E-state index in [1.54, 1.807) is 20.8 Å². The zero-order chi connectivity index (χ0) is 23.5. The van der Waals surface area contributed by atoms with Crippen LogP contribution in [0.4, 0.5) is 13.6 Å². The van der Waals surface area contributed by atoms with Gasteiger partial charge in [0, 0.05) is 6.07 Å². The van der Waals surface area contributed by atoms with Crippen molar-refractivity contribution in [3.05, 3.63) is 34.9 Å². The molecule has 1 unspecified atom stereocenters. The van der Waals surface area contributed by atoms with Crippen molar-refractivity contribution >= 4 is 18.0 Å². The molecule has 2 aliphatic carbocycles. The van der Waals surface area contributed by atoms with Crippen molar-refractivity contribution in [3.8, 4) is 0 Å². The fourth-order valence-electron chi connectivity index (χ4n) is 5.60. The van der Waals surface area contributed by atoms with Crippen LogP contribution in [0.3, 0.4) is 0 Å². The van der Waals surface area contributed by atoms with E-state index in [0.717, 1.165) is 12.1 Å². The summed E-state index contributed by atoms with van der Waals surface area (Å²) in [6.07, 6.45) is 1.92. The number of rotatable bonds is 2. The third-order valence-electron chi connectivity index (χ3n) is 6.88. The first-order valence-electron chi connectivity index (χ1n) is 10.9. The van der Waals surface area contributed by atoms with E-state index in [0.29, 0.717) is 25.7 Å². The van der Waals surface area contributed by atoms with E-state index in [-0.39, 0.29) is 30.5 Å². The number of piperazine rings is 1. The number of halogens is 2.